The third-order valence-corrected chi connectivity index (χ3v) is 6.50. The van der Waals surface area contributed by atoms with Gasteiger partial charge in [0.25, 0.3) is 5.91 Å². The lowest BCUT2D eigenvalue weighted by Crippen LogP contribution is -2.44. The summed E-state index contributed by atoms with van der Waals surface area (Å²) in [5.74, 6) is -2.90. The summed E-state index contributed by atoms with van der Waals surface area (Å²) in [6.07, 6.45) is 5.71. The number of amides is 1. The maximum Gasteiger partial charge on any atom is 0.270 e. The van der Waals surface area contributed by atoms with Crippen LogP contribution in [0.15, 0.2) is 97.8 Å². The molecule has 5 aromatic rings. The zero-order valence-corrected chi connectivity index (χ0v) is 22.0. The SMILES string of the molecule is NC(=C(c1ccncc1)c1cccc(C(=O)NCC(O)(Cn2cncn2)c2ccc(F)cc2F)n1)c1ccc(F)cc1. The van der Waals surface area contributed by atoms with Crippen LogP contribution < -0.4 is 11.1 Å². The van der Waals surface area contributed by atoms with Gasteiger partial charge in [-0.25, -0.2) is 27.8 Å². The lowest BCUT2D eigenvalue weighted by Gasteiger charge is -2.29. The third kappa shape index (κ3) is 6.18. The van der Waals surface area contributed by atoms with Gasteiger partial charge in [0.05, 0.1) is 18.8 Å². The molecule has 0 aliphatic rings. The standard InChI is InChI=1S/C30H24F3N7O2/c31-21-6-4-20(5-7-21)28(34)27(19-10-12-35-13-11-19)25-2-1-3-26(39-25)29(41)37-15-30(42,16-40-18-36-17-38-40)23-9-8-22(32)14-24(23)33/h1-14,17-18,42H,15-16,34H2,(H,37,41). The van der Waals surface area contributed by atoms with Crippen molar-refractivity contribution in [3.63, 3.8) is 0 Å². The monoisotopic (exact) mass is 571 g/mol. The van der Waals surface area contributed by atoms with Crippen LogP contribution in [0, 0.1) is 17.5 Å². The molecule has 0 aliphatic carbocycles. The molecular weight excluding hydrogens is 547 g/mol. The molecule has 0 spiro atoms. The predicted octanol–water partition coefficient (Wildman–Crippen LogP) is 3.68. The Bertz CT molecular complexity index is 1730. The Morgan fingerprint density at radius 2 is 1.62 bits per heavy atom. The summed E-state index contributed by atoms with van der Waals surface area (Å²) < 4.78 is 43.2. The first-order valence-electron chi connectivity index (χ1n) is 12.7. The Hall–Kier alpha value is -5.36. The van der Waals surface area contributed by atoms with Gasteiger partial charge < -0.3 is 16.2 Å². The van der Waals surface area contributed by atoms with Gasteiger partial charge in [-0.05, 0) is 65.7 Å². The zero-order valence-electron chi connectivity index (χ0n) is 22.0. The molecule has 4 N–H and O–H groups in total. The molecule has 0 bridgehead atoms. The number of halogens is 3. The number of hydrogen-bond donors (Lipinski definition) is 3. The van der Waals surface area contributed by atoms with E-state index < -0.39 is 35.5 Å². The largest absolute Gasteiger partial charge is 0.398 e. The molecule has 2 aromatic carbocycles. The van der Waals surface area contributed by atoms with Crippen molar-refractivity contribution < 1.29 is 23.1 Å². The first-order valence-corrected chi connectivity index (χ1v) is 12.7. The van der Waals surface area contributed by atoms with Crippen molar-refractivity contribution in [3.8, 4) is 0 Å². The number of aliphatic hydroxyl groups is 1. The summed E-state index contributed by atoms with van der Waals surface area (Å²) in [4.78, 5) is 25.7. The minimum atomic E-state index is -2.02. The van der Waals surface area contributed by atoms with E-state index in [1.54, 1.807) is 36.7 Å². The fourth-order valence-electron chi connectivity index (χ4n) is 4.44. The minimum Gasteiger partial charge on any atom is -0.398 e. The van der Waals surface area contributed by atoms with Crippen LogP contribution in [0.2, 0.25) is 0 Å². The van der Waals surface area contributed by atoms with E-state index in [2.05, 4.69) is 25.4 Å². The highest BCUT2D eigenvalue weighted by Gasteiger charge is 2.34. The summed E-state index contributed by atoms with van der Waals surface area (Å²) in [6, 6.07) is 16.6. The van der Waals surface area contributed by atoms with E-state index in [4.69, 9.17) is 5.73 Å². The highest BCUT2D eigenvalue weighted by Crippen LogP contribution is 2.29. The van der Waals surface area contributed by atoms with E-state index in [0.29, 0.717) is 34.2 Å². The third-order valence-electron chi connectivity index (χ3n) is 6.50. The quantitative estimate of drug-likeness (QED) is 0.246. The smallest absolute Gasteiger partial charge is 0.270 e. The van der Waals surface area contributed by atoms with Crippen molar-refractivity contribution in [2.75, 3.05) is 6.54 Å². The molecule has 0 saturated heterocycles. The van der Waals surface area contributed by atoms with Gasteiger partial charge in [-0.3, -0.25) is 9.78 Å². The molecule has 3 aromatic heterocycles. The lowest BCUT2D eigenvalue weighted by molar-refractivity contribution is 0.0120. The van der Waals surface area contributed by atoms with Gasteiger partial charge in [0.1, 0.15) is 41.4 Å². The van der Waals surface area contributed by atoms with Crippen LogP contribution in [0.1, 0.15) is 32.9 Å². The molecule has 3 heterocycles. The number of nitrogens with zero attached hydrogens (tertiary/aromatic N) is 5. The number of rotatable bonds is 9. The fraction of sp³-hybridized carbons (Fsp3) is 0.100. The van der Waals surface area contributed by atoms with E-state index in [-0.39, 0.29) is 17.8 Å². The number of aromatic nitrogens is 5. The van der Waals surface area contributed by atoms with Crippen LogP contribution >= 0.6 is 0 Å². The average Bonchev–Trinajstić information content (AvgIpc) is 3.50. The molecule has 0 fully saturated rings. The van der Waals surface area contributed by atoms with Crippen molar-refractivity contribution in [2.24, 2.45) is 5.73 Å². The van der Waals surface area contributed by atoms with E-state index in [1.165, 1.54) is 47.7 Å². The maximum atomic E-state index is 14.7. The highest BCUT2D eigenvalue weighted by molar-refractivity contribution is 5.98. The Morgan fingerprint density at radius 3 is 2.31 bits per heavy atom. The van der Waals surface area contributed by atoms with Gasteiger partial charge in [0, 0.05) is 35.3 Å². The van der Waals surface area contributed by atoms with Crippen molar-refractivity contribution in [1.29, 1.82) is 0 Å². The minimum absolute atomic E-state index is 0.0198. The second kappa shape index (κ2) is 12.0. The number of nitrogens with two attached hydrogens (primary N) is 1. The molecule has 0 saturated carbocycles. The summed E-state index contributed by atoms with van der Waals surface area (Å²) in [5, 5.41) is 18.0. The van der Waals surface area contributed by atoms with Crippen molar-refractivity contribution in [1.82, 2.24) is 30.0 Å². The van der Waals surface area contributed by atoms with Gasteiger partial charge in [-0.15, -0.1) is 0 Å². The molecule has 1 atom stereocenters. The first-order chi connectivity index (χ1) is 20.2. The van der Waals surface area contributed by atoms with Gasteiger partial charge >= 0.3 is 0 Å². The molecular formula is C30H24F3N7O2. The predicted molar refractivity (Wildman–Crippen MR) is 148 cm³/mol. The van der Waals surface area contributed by atoms with Crippen LogP contribution in [-0.2, 0) is 12.1 Å². The van der Waals surface area contributed by atoms with Gasteiger partial charge in [-0.1, -0.05) is 12.1 Å². The number of carbonyl (C=O) groups excluding carboxylic acids is 1. The van der Waals surface area contributed by atoms with Crippen molar-refractivity contribution in [3.05, 3.63) is 143 Å². The number of nitrogens with one attached hydrogen (secondary N) is 1. The lowest BCUT2D eigenvalue weighted by atomic mass is 9.92. The second-order valence-electron chi connectivity index (χ2n) is 9.37. The molecule has 42 heavy (non-hydrogen) atoms. The van der Waals surface area contributed by atoms with E-state index in [1.807, 2.05) is 0 Å². The molecule has 5 rings (SSSR count). The van der Waals surface area contributed by atoms with Gasteiger partial charge in [0.2, 0.25) is 0 Å². The Balaban J connectivity index is 1.47. The van der Waals surface area contributed by atoms with Crippen LogP contribution in [-0.4, -0.2) is 42.3 Å². The molecule has 1 amide bonds. The van der Waals surface area contributed by atoms with Crippen molar-refractivity contribution >= 4 is 17.2 Å². The van der Waals surface area contributed by atoms with E-state index in [9.17, 15) is 23.1 Å². The van der Waals surface area contributed by atoms with Crippen LogP contribution in [0.3, 0.4) is 0 Å². The van der Waals surface area contributed by atoms with Gasteiger partial charge in [-0.2, -0.15) is 5.10 Å². The molecule has 0 aliphatic heterocycles. The highest BCUT2D eigenvalue weighted by atomic mass is 19.1. The average molecular weight is 572 g/mol. The first kappa shape index (κ1) is 28.2. The Labute approximate surface area is 238 Å². The maximum absolute atomic E-state index is 14.7. The number of carbonyl (C=O) groups is 1. The summed E-state index contributed by atoms with van der Waals surface area (Å²) >= 11 is 0. The number of pyridine rings is 2. The van der Waals surface area contributed by atoms with E-state index in [0.717, 1.165) is 12.1 Å². The Morgan fingerprint density at radius 1 is 0.905 bits per heavy atom. The normalized spacial score (nSPS) is 13.2. The summed E-state index contributed by atoms with van der Waals surface area (Å²) in [5.41, 5.74) is 6.58. The van der Waals surface area contributed by atoms with Crippen LogP contribution in [0.4, 0.5) is 13.2 Å². The topological polar surface area (TPSA) is 132 Å². The Kier molecular flexibility index (Phi) is 8.07. The number of hydrogen-bond acceptors (Lipinski definition) is 7. The van der Waals surface area contributed by atoms with Gasteiger partial charge in [0.15, 0.2) is 0 Å². The van der Waals surface area contributed by atoms with E-state index >= 15 is 0 Å². The van der Waals surface area contributed by atoms with Crippen molar-refractivity contribution in [2.45, 2.75) is 12.1 Å². The zero-order chi connectivity index (χ0) is 29.7. The molecule has 212 valence electrons. The fourth-order valence-corrected chi connectivity index (χ4v) is 4.44. The summed E-state index contributed by atoms with van der Waals surface area (Å²) in [6.45, 7) is -0.753. The molecule has 9 nitrogen and oxygen atoms in total. The molecule has 0 radical (unpaired) electrons. The summed E-state index contributed by atoms with van der Waals surface area (Å²) in [7, 11) is 0. The van der Waals surface area contributed by atoms with Crippen LogP contribution in [0.25, 0.3) is 11.3 Å². The number of benzene rings is 2. The van der Waals surface area contributed by atoms with Crippen LogP contribution in [0.5, 0.6) is 0 Å². The molecule has 1 unspecified atom stereocenters. The second-order valence-corrected chi connectivity index (χ2v) is 9.37. The molecule has 12 heteroatoms.